The first-order valence-corrected chi connectivity index (χ1v) is 8.87. The zero-order chi connectivity index (χ0) is 18.8. The number of fused-ring (bicyclic) bond motifs is 1. The van der Waals surface area contributed by atoms with Crippen LogP contribution in [-0.2, 0) is 26.2 Å². The second-order valence-electron chi connectivity index (χ2n) is 6.87. The van der Waals surface area contributed by atoms with Crippen LogP contribution in [-0.4, -0.2) is 4.90 Å². The zero-order valence-electron chi connectivity index (χ0n) is 15.1. The first kappa shape index (κ1) is 17.5. The van der Waals surface area contributed by atoms with E-state index in [1.165, 1.54) is 29.5 Å². The number of benzene rings is 2. The highest BCUT2D eigenvalue weighted by atomic mass is 19.1. The highest BCUT2D eigenvalue weighted by molar-refractivity contribution is 5.30. The first-order valence-electron chi connectivity index (χ1n) is 8.87. The lowest BCUT2D eigenvalue weighted by Crippen LogP contribution is -2.17. The summed E-state index contributed by atoms with van der Waals surface area (Å²) in [5.74, 6) is 0.328. The lowest BCUT2D eigenvalue weighted by molar-refractivity contribution is 0.241. The van der Waals surface area contributed by atoms with E-state index in [1.54, 1.807) is 12.1 Å². The summed E-state index contributed by atoms with van der Waals surface area (Å²) >= 11 is 0. The van der Waals surface area contributed by atoms with Crippen molar-refractivity contribution in [3.05, 3.63) is 98.8 Å². The second-order valence-corrected chi connectivity index (χ2v) is 6.87. The highest BCUT2D eigenvalue weighted by Gasteiger charge is 2.19. The smallest absolute Gasteiger partial charge is 0.227 e. The fourth-order valence-corrected chi connectivity index (χ4v) is 3.29. The molecule has 2 heterocycles. The van der Waals surface area contributed by atoms with E-state index in [9.17, 15) is 9.18 Å². The quantitative estimate of drug-likeness (QED) is 0.680. The standard InChI is InChI=1S/C22H20FNO3/c1-15-6-7-18(20(23)8-15)13-27-22-14-26-19(9-21(22)25)12-24-10-16-4-2-3-5-17(16)11-24/h2-9,14H,10-13H2,1H3. The van der Waals surface area contributed by atoms with Crippen molar-refractivity contribution in [1.29, 1.82) is 0 Å². The van der Waals surface area contributed by atoms with Gasteiger partial charge in [0.05, 0.1) is 6.54 Å². The summed E-state index contributed by atoms with van der Waals surface area (Å²) in [6.07, 6.45) is 1.31. The Hall–Kier alpha value is -2.92. The van der Waals surface area contributed by atoms with E-state index in [4.69, 9.17) is 9.15 Å². The van der Waals surface area contributed by atoms with Crippen molar-refractivity contribution in [2.24, 2.45) is 0 Å². The van der Waals surface area contributed by atoms with Crippen molar-refractivity contribution < 1.29 is 13.5 Å². The molecule has 0 fully saturated rings. The molecule has 138 valence electrons. The molecule has 4 rings (SSSR count). The van der Waals surface area contributed by atoms with Crippen LogP contribution in [0.5, 0.6) is 5.75 Å². The van der Waals surface area contributed by atoms with Crippen LogP contribution in [0.25, 0.3) is 0 Å². The van der Waals surface area contributed by atoms with Gasteiger partial charge in [-0.25, -0.2) is 4.39 Å². The van der Waals surface area contributed by atoms with Gasteiger partial charge >= 0.3 is 0 Å². The molecule has 1 aliphatic heterocycles. The molecule has 0 N–H and O–H groups in total. The predicted molar refractivity (Wildman–Crippen MR) is 99.8 cm³/mol. The number of hydrogen-bond acceptors (Lipinski definition) is 4. The SMILES string of the molecule is Cc1ccc(COc2coc(CN3Cc4ccccc4C3)cc2=O)c(F)c1. The molecule has 0 radical (unpaired) electrons. The molecule has 2 aromatic carbocycles. The molecular weight excluding hydrogens is 345 g/mol. The van der Waals surface area contributed by atoms with E-state index in [0.717, 1.165) is 18.7 Å². The molecule has 5 heteroatoms. The number of nitrogens with zero attached hydrogens (tertiary/aromatic N) is 1. The van der Waals surface area contributed by atoms with E-state index in [2.05, 4.69) is 17.0 Å². The van der Waals surface area contributed by atoms with E-state index in [0.29, 0.717) is 17.9 Å². The van der Waals surface area contributed by atoms with E-state index in [-0.39, 0.29) is 23.6 Å². The van der Waals surface area contributed by atoms with E-state index in [1.807, 2.05) is 19.1 Å². The maximum absolute atomic E-state index is 13.9. The van der Waals surface area contributed by atoms with Gasteiger partial charge in [-0.2, -0.15) is 0 Å². The largest absolute Gasteiger partial charge is 0.482 e. The maximum Gasteiger partial charge on any atom is 0.227 e. The molecule has 1 aromatic heterocycles. The summed E-state index contributed by atoms with van der Waals surface area (Å²) in [7, 11) is 0. The summed E-state index contributed by atoms with van der Waals surface area (Å²) in [6.45, 7) is 4.03. The number of halogens is 1. The molecule has 0 saturated heterocycles. The molecule has 0 amide bonds. The minimum absolute atomic E-state index is 0.0162. The molecule has 3 aromatic rings. The highest BCUT2D eigenvalue weighted by Crippen LogP contribution is 2.24. The summed E-state index contributed by atoms with van der Waals surface area (Å²) < 4.78 is 24.9. The second kappa shape index (κ2) is 7.37. The average molecular weight is 365 g/mol. The van der Waals surface area contributed by atoms with Crippen LogP contribution in [0.2, 0.25) is 0 Å². The van der Waals surface area contributed by atoms with Crippen molar-refractivity contribution in [3.63, 3.8) is 0 Å². The Bertz CT molecular complexity index is 1000. The fourth-order valence-electron chi connectivity index (χ4n) is 3.29. The Morgan fingerprint density at radius 2 is 1.85 bits per heavy atom. The van der Waals surface area contributed by atoms with Gasteiger partial charge in [0, 0.05) is 24.7 Å². The van der Waals surface area contributed by atoms with Crippen molar-refractivity contribution in [2.45, 2.75) is 33.2 Å². The molecule has 0 atom stereocenters. The van der Waals surface area contributed by atoms with Crippen LogP contribution in [0.4, 0.5) is 4.39 Å². The topological polar surface area (TPSA) is 42.7 Å². The minimum Gasteiger partial charge on any atom is -0.482 e. The predicted octanol–water partition coefficient (Wildman–Crippen LogP) is 4.18. The average Bonchev–Trinajstić information content (AvgIpc) is 3.04. The van der Waals surface area contributed by atoms with Crippen molar-refractivity contribution >= 4 is 0 Å². The molecule has 0 bridgehead atoms. The summed E-state index contributed by atoms with van der Waals surface area (Å²) in [6, 6.07) is 14.7. The molecule has 0 unspecified atom stereocenters. The first-order chi connectivity index (χ1) is 13.1. The lowest BCUT2D eigenvalue weighted by Gasteiger charge is -2.14. The minimum atomic E-state index is -0.343. The van der Waals surface area contributed by atoms with Gasteiger partial charge in [0.1, 0.15) is 24.4 Å². The van der Waals surface area contributed by atoms with Gasteiger partial charge in [-0.05, 0) is 29.7 Å². The number of hydrogen-bond donors (Lipinski definition) is 0. The van der Waals surface area contributed by atoms with Crippen LogP contribution in [0.1, 0.15) is 28.0 Å². The Balaban J connectivity index is 1.40. The summed E-state index contributed by atoms with van der Waals surface area (Å²) in [5, 5.41) is 0. The zero-order valence-corrected chi connectivity index (χ0v) is 15.1. The van der Waals surface area contributed by atoms with Gasteiger partial charge in [-0.15, -0.1) is 0 Å². The van der Waals surface area contributed by atoms with Crippen molar-refractivity contribution in [3.8, 4) is 5.75 Å². The Labute approximate surface area is 156 Å². The molecular formula is C22H20FNO3. The molecule has 0 spiro atoms. The molecule has 4 nitrogen and oxygen atoms in total. The summed E-state index contributed by atoms with van der Waals surface area (Å²) in [5.41, 5.74) is 3.59. The number of rotatable bonds is 5. The number of aryl methyl sites for hydroxylation is 1. The Morgan fingerprint density at radius 1 is 1.11 bits per heavy atom. The lowest BCUT2D eigenvalue weighted by atomic mass is 10.1. The van der Waals surface area contributed by atoms with Crippen LogP contribution in [0.15, 0.2) is 64.0 Å². The number of ether oxygens (including phenoxy) is 1. The van der Waals surface area contributed by atoms with Crippen LogP contribution >= 0.6 is 0 Å². The molecule has 0 saturated carbocycles. The Morgan fingerprint density at radius 3 is 2.52 bits per heavy atom. The van der Waals surface area contributed by atoms with E-state index >= 15 is 0 Å². The van der Waals surface area contributed by atoms with Gasteiger partial charge in [-0.1, -0.05) is 36.4 Å². The van der Waals surface area contributed by atoms with Crippen molar-refractivity contribution in [1.82, 2.24) is 4.90 Å². The van der Waals surface area contributed by atoms with E-state index < -0.39 is 0 Å². The van der Waals surface area contributed by atoms with Crippen molar-refractivity contribution in [2.75, 3.05) is 0 Å². The third-order valence-electron chi connectivity index (χ3n) is 4.73. The van der Waals surface area contributed by atoms with Gasteiger partial charge in [0.2, 0.25) is 11.2 Å². The monoisotopic (exact) mass is 365 g/mol. The van der Waals surface area contributed by atoms with Gasteiger partial charge in [0.25, 0.3) is 0 Å². The molecule has 1 aliphatic rings. The van der Waals surface area contributed by atoms with Gasteiger partial charge in [0.15, 0.2) is 0 Å². The maximum atomic E-state index is 13.9. The normalized spacial score (nSPS) is 13.6. The van der Waals surface area contributed by atoms with Crippen LogP contribution in [0.3, 0.4) is 0 Å². The molecule has 27 heavy (non-hydrogen) atoms. The fraction of sp³-hybridized carbons (Fsp3) is 0.227. The van der Waals surface area contributed by atoms with Crippen LogP contribution < -0.4 is 10.2 Å². The van der Waals surface area contributed by atoms with Gasteiger partial charge in [-0.3, -0.25) is 9.69 Å². The Kier molecular flexibility index (Phi) is 4.77. The van der Waals surface area contributed by atoms with Crippen LogP contribution in [0, 0.1) is 12.7 Å². The summed E-state index contributed by atoms with van der Waals surface area (Å²) in [4.78, 5) is 14.5. The molecule has 0 aliphatic carbocycles. The third kappa shape index (κ3) is 3.93. The third-order valence-corrected chi connectivity index (χ3v) is 4.73. The van der Waals surface area contributed by atoms with Gasteiger partial charge < -0.3 is 9.15 Å².